The monoisotopic (exact) mass is 456 g/mol. The second kappa shape index (κ2) is 11.8. The number of nitrogens with zero attached hydrogens (tertiary/aromatic N) is 3. The third-order valence-electron chi connectivity index (χ3n) is 6.44. The van der Waals surface area contributed by atoms with Crippen molar-refractivity contribution < 1.29 is 4.74 Å². The van der Waals surface area contributed by atoms with Gasteiger partial charge in [0.25, 0.3) is 0 Å². The smallest absolute Gasteiger partial charge is 0.138 e. The van der Waals surface area contributed by atoms with Crippen LogP contribution >= 0.6 is 0 Å². The molecule has 0 bridgehead atoms. The molecule has 0 saturated carbocycles. The summed E-state index contributed by atoms with van der Waals surface area (Å²) in [7, 11) is 0. The van der Waals surface area contributed by atoms with Gasteiger partial charge in [0, 0.05) is 36.4 Å². The molecule has 0 unspecified atom stereocenters. The molecule has 0 radical (unpaired) electrons. The molecule has 34 heavy (non-hydrogen) atoms. The summed E-state index contributed by atoms with van der Waals surface area (Å²) >= 11 is 0. The second-order valence-electron chi connectivity index (χ2n) is 8.93. The zero-order valence-electron chi connectivity index (χ0n) is 20.7. The highest BCUT2D eigenvalue weighted by Gasteiger charge is 2.09. The molecule has 1 N–H and O–H groups in total. The predicted molar refractivity (Wildman–Crippen MR) is 140 cm³/mol. The summed E-state index contributed by atoms with van der Waals surface area (Å²) in [5.41, 5.74) is 7.09. The normalized spacial score (nSPS) is 11.4. The number of H-pyrrole nitrogens is 1. The molecule has 0 aliphatic heterocycles. The van der Waals surface area contributed by atoms with Gasteiger partial charge in [0.15, 0.2) is 0 Å². The van der Waals surface area contributed by atoms with Crippen LogP contribution in [0, 0.1) is 6.92 Å². The van der Waals surface area contributed by atoms with Crippen molar-refractivity contribution in [2.45, 2.75) is 46.5 Å². The lowest BCUT2D eigenvalue weighted by Crippen LogP contribution is -2.25. The Morgan fingerprint density at radius 2 is 1.71 bits per heavy atom. The number of hydrogen-bond donors (Lipinski definition) is 1. The first-order valence-corrected chi connectivity index (χ1v) is 12.4. The molecule has 4 rings (SSSR count). The Labute approximate surface area is 203 Å². The van der Waals surface area contributed by atoms with Gasteiger partial charge in [-0.1, -0.05) is 49.7 Å². The largest absolute Gasteiger partial charge is 0.492 e. The Kier molecular flexibility index (Phi) is 8.31. The molecule has 0 aliphatic rings. The van der Waals surface area contributed by atoms with Gasteiger partial charge in [0.2, 0.25) is 0 Å². The topological polar surface area (TPSA) is 54.0 Å². The van der Waals surface area contributed by atoms with Gasteiger partial charge in [0.1, 0.15) is 11.4 Å². The maximum atomic E-state index is 6.00. The highest BCUT2D eigenvalue weighted by molar-refractivity contribution is 5.81. The molecule has 0 spiro atoms. The number of benzene rings is 1. The molecule has 0 saturated heterocycles. The first kappa shape index (κ1) is 24.0. The van der Waals surface area contributed by atoms with Gasteiger partial charge < -0.3 is 14.6 Å². The van der Waals surface area contributed by atoms with E-state index in [1.54, 1.807) is 0 Å². The number of nitrogens with one attached hydrogen (secondary N) is 1. The average Bonchev–Trinajstić information content (AvgIpc) is 3.26. The van der Waals surface area contributed by atoms with E-state index in [-0.39, 0.29) is 0 Å². The van der Waals surface area contributed by atoms with E-state index in [1.807, 2.05) is 18.6 Å². The Bertz CT molecular complexity index is 1160. The Balaban J connectivity index is 1.34. The first-order chi connectivity index (χ1) is 16.6. The van der Waals surface area contributed by atoms with Crippen LogP contribution in [0.4, 0.5) is 0 Å². The van der Waals surface area contributed by atoms with Crippen molar-refractivity contribution in [2.75, 3.05) is 26.2 Å². The number of fused-ring (bicyclic) bond motifs is 1. The number of aryl methyl sites for hydroxylation is 3. The maximum Gasteiger partial charge on any atom is 0.138 e. The minimum absolute atomic E-state index is 0.706. The van der Waals surface area contributed by atoms with Crippen molar-refractivity contribution in [2.24, 2.45) is 0 Å². The van der Waals surface area contributed by atoms with Crippen LogP contribution in [-0.2, 0) is 19.3 Å². The van der Waals surface area contributed by atoms with Gasteiger partial charge in [0.05, 0.1) is 12.8 Å². The zero-order chi connectivity index (χ0) is 23.8. The van der Waals surface area contributed by atoms with E-state index in [1.165, 1.54) is 22.3 Å². The average molecular weight is 457 g/mol. The summed E-state index contributed by atoms with van der Waals surface area (Å²) in [5.74, 6) is 0.831. The van der Waals surface area contributed by atoms with Crippen LogP contribution in [-0.4, -0.2) is 46.1 Å². The van der Waals surface area contributed by atoms with Crippen molar-refractivity contribution >= 4 is 11.0 Å². The fourth-order valence-corrected chi connectivity index (χ4v) is 4.24. The Hall–Kier alpha value is -3.18. The number of ether oxygens (including phenoxy) is 1. The number of hydrogen-bond acceptors (Lipinski definition) is 4. The van der Waals surface area contributed by atoms with Crippen LogP contribution < -0.4 is 4.74 Å². The summed E-state index contributed by atoms with van der Waals surface area (Å²) in [5, 5.41) is 1.12. The van der Waals surface area contributed by atoms with E-state index in [2.05, 4.69) is 78.1 Å². The maximum absolute atomic E-state index is 6.00. The second-order valence-corrected chi connectivity index (χ2v) is 8.93. The molecule has 0 amide bonds. The summed E-state index contributed by atoms with van der Waals surface area (Å²) < 4.78 is 6.00. The van der Waals surface area contributed by atoms with Gasteiger partial charge in [-0.25, -0.2) is 4.98 Å². The number of aromatic nitrogens is 3. The molecule has 4 aromatic rings. The molecule has 0 atom stereocenters. The predicted octanol–water partition coefficient (Wildman–Crippen LogP) is 5.75. The summed E-state index contributed by atoms with van der Waals surface area (Å²) in [6, 6.07) is 15.2. The molecule has 5 heteroatoms. The lowest BCUT2D eigenvalue weighted by molar-refractivity contribution is 0.249. The number of aromatic amines is 1. The van der Waals surface area contributed by atoms with E-state index < -0.39 is 0 Å². The minimum Gasteiger partial charge on any atom is -0.492 e. The van der Waals surface area contributed by atoms with E-state index in [4.69, 9.17) is 9.72 Å². The standard InChI is InChI=1S/C29H36N4O/c1-4-33(5-2)15-6-16-34-27-18-28-25(20-31-29(28)32-21-27)17-24-12-14-26(30-19-24)13-11-23-9-7-22(3)8-10-23/h7-10,12,14,18-21H,4-6,11,13,15-17H2,1-3H3,(H,31,32). The quantitative estimate of drug-likeness (QED) is 0.276. The van der Waals surface area contributed by atoms with E-state index in [9.17, 15) is 0 Å². The Morgan fingerprint density at radius 1 is 0.912 bits per heavy atom. The zero-order valence-corrected chi connectivity index (χ0v) is 20.7. The van der Waals surface area contributed by atoms with Crippen molar-refractivity contribution in [1.29, 1.82) is 0 Å². The van der Waals surface area contributed by atoms with Gasteiger partial charge in [-0.3, -0.25) is 4.98 Å². The van der Waals surface area contributed by atoms with E-state index in [0.717, 1.165) is 67.8 Å². The van der Waals surface area contributed by atoms with Gasteiger partial charge >= 0.3 is 0 Å². The van der Waals surface area contributed by atoms with Crippen LogP contribution in [0.5, 0.6) is 5.75 Å². The molecule has 3 aromatic heterocycles. The molecule has 0 aliphatic carbocycles. The minimum atomic E-state index is 0.706. The molecular weight excluding hydrogens is 420 g/mol. The molecule has 0 fully saturated rings. The summed E-state index contributed by atoms with van der Waals surface area (Å²) in [6.45, 7) is 10.5. The lowest BCUT2D eigenvalue weighted by atomic mass is 10.0. The molecule has 5 nitrogen and oxygen atoms in total. The van der Waals surface area contributed by atoms with E-state index >= 15 is 0 Å². The fourth-order valence-electron chi connectivity index (χ4n) is 4.24. The van der Waals surface area contributed by atoms with Gasteiger partial charge in [-0.2, -0.15) is 0 Å². The third-order valence-corrected chi connectivity index (χ3v) is 6.44. The molecular formula is C29H36N4O. The van der Waals surface area contributed by atoms with Crippen LogP contribution in [0.15, 0.2) is 61.1 Å². The van der Waals surface area contributed by atoms with Crippen molar-refractivity contribution in [1.82, 2.24) is 19.9 Å². The van der Waals surface area contributed by atoms with Crippen molar-refractivity contribution in [3.05, 3.63) is 89.0 Å². The third kappa shape index (κ3) is 6.45. The first-order valence-electron chi connectivity index (χ1n) is 12.4. The highest BCUT2D eigenvalue weighted by atomic mass is 16.5. The van der Waals surface area contributed by atoms with E-state index in [0.29, 0.717) is 6.61 Å². The summed E-state index contributed by atoms with van der Waals surface area (Å²) in [4.78, 5) is 15.0. The van der Waals surface area contributed by atoms with Gasteiger partial charge in [-0.05, 0) is 68.1 Å². The number of pyridine rings is 2. The van der Waals surface area contributed by atoms with Crippen molar-refractivity contribution in [3.63, 3.8) is 0 Å². The summed E-state index contributed by atoms with van der Waals surface area (Å²) in [6.07, 6.45) is 9.66. The van der Waals surface area contributed by atoms with Crippen molar-refractivity contribution in [3.8, 4) is 5.75 Å². The van der Waals surface area contributed by atoms with Crippen LogP contribution in [0.1, 0.15) is 48.2 Å². The SMILES string of the molecule is CCN(CC)CCCOc1cnc2[nH]cc(Cc3ccc(CCc4ccc(C)cc4)nc3)c2c1. The van der Waals surface area contributed by atoms with Crippen LogP contribution in [0.3, 0.4) is 0 Å². The lowest BCUT2D eigenvalue weighted by Gasteiger charge is -2.17. The Morgan fingerprint density at radius 3 is 2.44 bits per heavy atom. The van der Waals surface area contributed by atoms with Crippen LogP contribution in [0.2, 0.25) is 0 Å². The fraction of sp³-hybridized carbons (Fsp3) is 0.379. The van der Waals surface area contributed by atoms with Crippen LogP contribution in [0.25, 0.3) is 11.0 Å². The van der Waals surface area contributed by atoms with Gasteiger partial charge in [-0.15, -0.1) is 0 Å². The molecule has 3 heterocycles. The molecule has 1 aromatic carbocycles. The highest BCUT2D eigenvalue weighted by Crippen LogP contribution is 2.24. The molecule has 178 valence electrons. The number of rotatable bonds is 12.